The summed E-state index contributed by atoms with van der Waals surface area (Å²) in [6.07, 6.45) is 0.813. The summed E-state index contributed by atoms with van der Waals surface area (Å²) in [5.41, 5.74) is 6.03. The summed E-state index contributed by atoms with van der Waals surface area (Å²) in [4.78, 5) is 11.8. The van der Waals surface area contributed by atoms with Crippen LogP contribution in [0.1, 0.15) is 50.0 Å². The fraction of sp³-hybridized carbons (Fsp3) is 0.571. The van der Waals surface area contributed by atoms with Crippen LogP contribution in [-0.2, 0) is 0 Å². The monoisotopic (exact) mass is 310 g/mol. The van der Waals surface area contributed by atoms with Crippen molar-refractivity contribution in [1.29, 1.82) is 0 Å². The number of thioether (sulfide) groups is 1. The molecule has 2 rings (SSSR count). The van der Waals surface area contributed by atoms with Gasteiger partial charge >= 0.3 is 5.69 Å². The lowest BCUT2D eigenvalue weighted by atomic mass is 10.1. The van der Waals surface area contributed by atoms with Crippen molar-refractivity contribution in [3.8, 4) is 0 Å². The van der Waals surface area contributed by atoms with Gasteiger partial charge in [-0.1, -0.05) is 18.7 Å². The van der Waals surface area contributed by atoms with Crippen LogP contribution in [0.4, 0.5) is 0 Å². The van der Waals surface area contributed by atoms with Gasteiger partial charge in [0.25, 0.3) is 0 Å². The first kappa shape index (κ1) is 15.9. The lowest BCUT2D eigenvalue weighted by molar-refractivity contribution is 0.453. The molecule has 2 aromatic heterocycles. The van der Waals surface area contributed by atoms with Gasteiger partial charge in [-0.25, -0.2) is 9.89 Å². The van der Waals surface area contributed by atoms with E-state index in [4.69, 9.17) is 10.2 Å². The summed E-state index contributed by atoms with van der Waals surface area (Å²) in [5.74, 6) is 1.67. The van der Waals surface area contributed by atoms with Gasteiger partial charge in [0.15, 0.2) is 5.16 Å². The molecule has 7 heteroatoms. The number of furan rings is 1. The van der Waals surface area contributed by atoms with E-state index in [1.54, 1.807) is 4.57 Å². The maximum atomic E-state index is 11.8. The van der Waals surface area contributed by atoms with E-state index in [9.17, 15) is 4.79 Å². The van der Waals surface area contributed by atoms with Crippen molar-refractivity contribution in [1.82, 2.24) is 14.8 Å². The van der Waals surface area contributed by atoms with Crippen LogP contribution >= 0.6 is 11.8 Å². The average molecular weight is 310 g/mol. The molecular formula is C14H22N4O2S. The second-order valence-electron chi connectivity index (χ2n) is 5.33. The fourth-order valence-electron chi connectivity index (χ4n) is 2.12. The number of nitrogens with two attached hydrogens (primary N) is 1. The second kappa shape index (κ2) is 6.53. The largest absolute Gasteiger partial charge is 0.465 e. The molecule has 0 aliphatic carbocycles. The molecule has 2 heterocycles. The molecular weight excluding hydrogens is 288 g/mol. The lowest BCUT2D eigenvalue weighted by Crippen LogP contribution is -2.26. The van der Waals surface area contributed by atoms with E-state index in [-0.39, 0.29) is 23.0 Å². The molecule has 0 spiro atoms. The molecule has 0 radical (unpaired) electrons. The molecule has 2 unspecified atom stereocenters. The van der Waals surface area contributed by atoms with Gasteiger partial charge in [-0.05, 0) is 39.3 Å². The lowest BCUT2D eigenvalue weighted by Gasteiger charge is -2.20. The summed E-state index contributed by atoms with van der Waals surface area (Å²) in [6.45, 7) is 7.84. The summed E-state index contributed by atoms with van der Waals surface area (Å²) in [6, 6.07) is 3.82. The van der Waals surface area contributed by atoms with Crippen molar-refractivity contribution in [3.63, 3.8) is 0 Å². The topological polar surface area (TPSA) is 89.8 Å². The van der Waals surface area contributed by atoms with Gasteiger partial charge in [-0.2, -0.15) is 0 Å². The quantitative estimate of drug-likeness (QED) is 0.800. The Bertz CT molecular complexity index is 643. The first-order chi connectivity index (χ1) is 9.93. The SMILES string of the molecule is CCC(N)C(Sc1n[nH]c(=O)n1C(C)C)c1ccc(C)o1. The highest BCUT2D eigenvalue weighted by Crippen LogP contribution is 2.38. The summed E-state index contributed by atoms with van der Waals surface area (Å²) >= 11 is 1.47. The van der Waals surface area contributed by atoms with Gasteiger partial charge < -0.3 is 10.2 Å². The van der Waals surface area contributed by atoms with Crippen LogP contribution in [0.5, 0.6) is 0 Å². The van der Waals surface area contributed by atoms with Crippen LogP contribution in [0, 0.1) is 6.92 Å². The number of hydrogen-bond donors (Lipinski definition) is 2. The predicted octanol–water partition coefficient (Wildman–Crippen LogP) is 2.62. The summed E-state index contributed by atoms with van der Waals surface area (Å²) < 4.78 is 7.36. The van der Waals surface area contributed by atoms with Gasteiger partial charge in [-0.15, -0.1) is 5.10 Å². The van der Waals surface area contributed by atoms with Gasteiger partial charge in [0, 0.05) is 12.1 Å². The van der Waals surface area contributed by atoms with Crippen LogP contribution in [-0.4, -0.2) is 20.8 Å². The maximum absolute atomic E-state index is 11.8. The van der Waals surface area contributed by atoms with Gasteiger partial charge in [-0.3, -0.25) is 4.57 Å². The third-order valence-corrected chi connectivity index (χ3v) is 4.66. The van der Waals surface area contributed by atoms with E-state index in [1.807, 2.05) is 39.8 Å². The number of aromatic nitrogens is 3. The number of nitrogens with one attached hydrogen (secondary N) is 1. The van der Waals surface area contributed by atoms with Gasteiger partial charge in [0.05, 0.1) is 5.25 Å². The van der Waals surface area contributed by atoms with Crippen molar-refractivity contribution in [2.45, 2.75) is 56.6 Å². The highest BCUT2D eigenvalue weighted by atomic mass is 32.2. The molecule has 21 heavy (non-hydrogen) atoms. The van der Waals surface area contributed by atoms with E-state index >= 15 is 0 Å². The Labute approximate surface area is 128 Å². The molecule has 0 saturated carbocycles. The maximum Gasteiger partial charge on any atom is 0.344 e. The van der Waals surface area contributed by atoms with Crippen LogP contribution in [0.25, 0.3) is 0 Å². The van der Waals surface area contributed by atoms with E-state index in [2.05, 4.69) is 10.2 Å². The Morgan fingerprint density at radius 2 is 2.19 bits per heavy atom. The minimum atomic E-state index is -0.202. The van der Waals surface area contributed by atoms with Crippen LogP contribution in [0.3, 0.4) is 0 Å². The normalized spacial score (nSPS) is 14.6. The van der Waals surface area contributed by atoms with E-state index in [1.165, 1.54) is 11.8 Å². The van der Waals surface area contributed by atoms with Gasteiger partial charge in [0.1, 0.15) is 11.5 Å². The molecule has 0 bridgehead atoms. The van der Waals surface area contributed by atoms with Crippen molar-refractivity contribution in [2.24, 2.45) is 5.73 Å². The van der Waals surface area contributed by atoms with Crippen molar-refractivity contribution >= 4 is 11.8 Å². The summed E-state index contributed by atoms with van der Waals surface area (Å²) in [7, 11) is 0. The Morgan fingerprint density at radius 1 is 1.48 bits per heavy atom. The van der Waals surface area contributed by atoms with E-state index < -0.39 is 0 Å². The molecule has 0 aliphatic rings. The second-order valence-corrected chi connectivity index (χ2v) is 6.44. The van der Waals surface area contributed by atoms with Crippen molar-refractivity contribution < 1.29 is 4.42 Å². The zero-order valence-corrected chi connectivity index (χ0v) is 13.6. The number of aromatic amines is 1. The highest BCUT2D eigenvalue weighted by Gasteiger charge is 2.26. The van der Waals surface area contributed by atoms with Crippen LogP contribution < -0.4 is 11.4 Å². The first-order valence-corrected chi connectivity index (χ1v) is 7.97. The standard InChI is InChI=1S/C14H22N4O2S/c1-5-10(15)12(11-7-6-9(4)20-11)21-14-17-16-13(19)18(14)8(2)3/h6-8,10,12H,5,15H2,1-4H3,(H,16,19). The van der Waals surface area contributed by atoms with E-state index in [0.717, 1.165) is 17.9 Å². The zero-order chi connectivity index (χ0) is 15.6. The van der Waals surface area contributed by atoms with Crippen LogP contribution in [0.2, 0.25) is 0 Å². The van der Waals surface area contributed by atoms with E-state index in [0.29, 0.717) is 5.16 Å². The molecule has 0 aromatic carbocycles. The Kier molecular flexibility index (Phi) is 4.95. The third-order valence-electron chi connectivity index (χ3n) is 3.32. The number of rotatable bonds is 6. The molecule has 116 valence electrons. The summed E-state index contributed by atoms with van der Waals surface area (Å²) in [5, 5.41) is 7.18. The fourth-order valence-corrected chi connectivity index (χ4v) is 3.46. The minimum Gasteiger partial charge on any atom is -0.465 e. The minimum absolute atomic E-state index is 0.0376. The Morgan fingerprint density at radius 3 is 2.71 bits per heavy atom. The molecule has 3 N–H and O–H groups in total. The third kappa shape index (κ3) is 3.41. The molecule has 0 aliphatic heterocycles. The molecule has 0 amide bonds. The van der Waals surface area contributed by atoms with Crippen molar-refractivity contribution in [2.75, 3.05) is 0 Å². The highest BCUT2D eigenvalue weighted by molar-refractivity contribution is 7.99. The molecule has 6 nitrogen and oxygen atoms in total. The molecule has 2 aromatic rings. The smallest absolute Gasteiger partial charge is 0.344 e. The zero-order valence-electron chi connectivity index (χ0n) is 12.8. The molecule has 0 fully saturated rings. The van der Waals surface area contributed by atoms with Crippen LogP contribution in [0.15, 0.2) is 26.5 Å². The van der Waals surface area contributed by atoms with Crippen molar-refractivity contribution in [3.05, 3.63) is 34.1 Å². The Balaban J connectivity index is 2.34. The number of aryl methyl sites for hydroxylation is 1. The average Bonchev–Trinajstić information content (AvgIpc) is 3.01. The number of nitrogens with zero attached hydrogens (tertiary/aromatic N) is 2. The molecule has 2 atom stereocenters. The first-order valence-electron chi connectivity index (χ1n) is 7.09. The predicted molar refractivity (Wildman–Crippen MR) is 83.5 cm³/mol. The van der Waals surface area contributed by atoms with Gasteiger partial charge in [0.2, 0.25) is 0 Å². The molecule has 0 saturated heterocycles. The number of H-pyrrole nitrogens is 1. The Hall–Kier alpha value is -1.47. The number of hydrogen-bond acceptors (Lipinski definition) is 5.